The highest BCUT2D eigenvalue weighted by atomic mass is 16.5. The smallest absolute Gasteiger partial charge is 0.272 e. The van der Waals surface area contributed by atoms with Gasteiger partial charge in [-0.25, -0.2) is 9.97 Å². The summed E-state index contributed by atoms with van der Waals surface area (Å²) in [5, 5.41) is 3.22. The molecule has 0 atom stereocenters. The molecule has 0 aliphatic heterocycles. The summed E-state index contributed by atoms with van der Waals surface area (Å²) < 4.78 is 5.38. The summed E-state index contributed by atoms with van der Waals surface area (Å²) in [6.45, 7) is 3.03. The summed E-state index contributed by atoms with van der Waals surface area (Å²) in [4.78, 5) is 23.3. The number of aryl methyl sites for hydroxylation is 1. The van der Waals surface area contributed by atoms with Gasteiger partial charge in [0.25, 0.3) is 5.91 Å². The number of nitrogens with one attached hydrogen (secondary N) is 1. The van der Waals surface area contributed by atoms with Crippen molar-refractivity contribution in [2.75, 3.05) is 26.0 Å². The summed E-state index contributed by atoms with van der Waals surface area (Å²) in [6, 6.07) is 19.5. The fourth-order valence-corrected chi connectivity index (χ4v) is 3.10. The van der Waals surface area contributed by atoms with Crippen molar-refractivity contribution in [3.05, 3.63) is 83.2 Å². The van der Waals surface area contributed by atoms with Crippen molar-refractivity contribution in [1.29, 1.82) is 0 Å². The first kappa shape index (κ1) is 20.3. The second-order valence-electron chi connectivity index (χ2n) is 6.85. The Hall–Kier alpha value is -3.41. The van der Waals surface area contributed by atoms with Crippen LogP contribution in [0, 0.1) is 6.92 Å². The maximum absolute atomic E-state index is 12.8. The Morgan fingerprint density at radius 2 is 1.79 bits per heavy atom. The topological polar surface area (TPSA) is 67.3 Å². The van der Waals surface area contributed by atoms with Gasteiger partial charge >= 0.3 is 0 Å². The number of ether oxygens (including phenoxy) is 1. The monoisotopic (exact) mass is 390 g/mol. The Balaban J connectivity index is 1.65. The molecule has 0 radical (unpaired) electrons. The van der Waals surface area contributed by atoms with Crippen LogP contribution >= 0.6 is 0 Å². The van der Waals surface area contributed by atoms with Crippen LogP contribution in [0.5, 0.6) is 5.75 Å². The van der Waals surface area contributed by atoms with Crippen molar-refractivity contribution in [1.82, 2.24) is 14.9 Å². The number of aromatic nitrogens is 2. The van der Waals surface area contributed by atoms with Crippen LogP contribution in [0.15, 0.2) is 60.7 Å². The van der Waals surface area contributed by atoms with E-state index in [0.717, 1.165) is 29.0 Å². The van der Waals surface area contributed by atoms with Crippen molar-refractivity contribution >= 4 is 11.9 Å². The van der Waals surface area contributed by atoms with Gasteiger partial charge in [-0.05, 0) is 36.6 Å². The molecule has 29 heavy (non-hydrogen) atoms. The summed E-state index contributed by atoms with van der Waals surface area (Å²) in [5.41, 5.74) is 3.31. The lowest BCUT2D eigenvalue weighted by Crippen LogP contribution is -2.27. The van der Waals surface area contributed by atoms with E-state index in [1.807, 2.05) is 61.5 Å². The first-order valence-electron chi connectivity index (χ1n) is 9.57. The molecule has 3 rings (SSSR count). The summed E-state index contributed by atoms with van der Waals surface area (Å²) in [7, 11) is 3.45. The zero-order valence-electron chi connectivity index (χ0n) is 17.1. The van der Waals surface area contributed by atoms with Crippen LogP contribution in [0.1, 0.15) is 27.3 Å². The predicted molar refractivity (Wildman–Crippen MR) is 114 cm³/mol. The molecule has 0 saturated carbocycles. The Kier molecular flexibility index (Phi) is 6.79. The lowest BCUT2D eigenvalue weighted by atomic mass is 10.1. The van der Waals surface area contributed by atoms with Gasteiger partial charge in [0, 0.05) is 25.8 Å². The Morgan fingerprint density at radius 1 is 1.07 bits per heavy atom. The lowest BCUT2D eigenvalue weighted by molar-refractivity contribution is 0.0779. The van der Waals surface area contributed by atoms with Gasteiger partial charge in [-0.2, -0.15) is 0 Å². The number of amides is 1. The number of methoxy groups -OCH3 is 1. The minimum atomic E-state index is -0.132. The van der Waals surface area contributed by atoms with Crippen molar-refractivity contribution in [2.24, 2.45) is 0 Å². The van der Waals surface area contributed by atoms with Crippen LogP contribution < -0.4 is 10.1 Å². The number of hydrogen-bond acceptors (Lipinski definition) is 5. The van der Waals surface area contributed by atoms with Crippen LogP contribution in [0.4, 0.5) is 5.95 Å². The van der Waals surface area contributed by atoms with E-state index in [9.17, 15) is 4.79 Å². The van der Waals surface area contributed by atoms with Crippen molar-refractivity contribution in [3.63, 3.8) is 0 Å². The third kappa shape index (κ3) is 5.54. The third-order valence-electron chi connectivity index (χ3n) is 4.55. The maximum Gasteiger partial charge on any atom is 0.272 e. The van der Waals surface area contributed by atoms with Crippen LogP contribution in [-0.2, 0) is 13.0 Å². The molecule has 0 unspecified atom stereocenters. The lowest BCUT2D eigenvalue weighted by Gasteiger charge is -2.17. The largest absolute Gasteiger partial charge is 0.496 e. The molecule has 150 valence electrons. The van der Waals surface area contributed by atoms with Crippen LogP contribution in [-0.4, -0.2) is 41.5 Å². The second-order valence-corrected chi connectivity index (χ2v) is 6.85. The molecule has 0 fully saturated rings. The quantitative estimate of drug-likeness (QED) is 0.635. The molecule has 0 saturated heterocycles. The van der Waals surface area contributed by atoms with E-state index in [4.69, 9.17) is 4.74 Å². The highest BCUT2D eigenvalue weighted by molar-refractivity contribution is 5.92. The van der Waals surface area contributed by atoms with Gasteiger partial charge in [-0.1, -0.05) is 48.5 Å². The zero-order valence-corrected chi connectivity index (χ0v) is 17.1. The number of rotatable bonds is 8. The third-order valence-corrected chi connectivity index (χ3v) is 4.55. The van der Waals surface area contributed by atoms with E-state index in [1.54, 1.807) is 25.1 Å². The molecule has 1 N–H and O–H groups in total. The van der Waals surface area contributed by atoms with Crippen LogP contribution in [0.25, 0.3) is 0 Å². The SMILES string of the molecule is COc1ccccc1CCNc1nc(C)cc(C(=O)N(C)Cc2ccccc2)n1. The van der Waals surface area contributed by atoms with Crippen molar-refractivity contribution in [2.45, 2.75) is 19.9 Å². The molecule has 6 heteroatoms. The highest BCUT2D eigenvalue weighted by Gasteiger charge is 2.15. The van der Waals surface area contributed by atoms with E-state index < -0.39 is 0 Å². The molecule has 1 aromatic heterocycles. The molecule has 3 aromatic rings. The summed E-state index contributed by atoms with van der Waals surface area (Å²) in [6.07, 6.45) is 0.762. The molecule has 6 nitrogen and oxygen atoms in total. The molecule has 1 amide bonds. The van der Waals surface area contributed by atoms with Gasteiger partial charge in [0.05, 0.1) is 7.11 Å². The number of carbonyl (C=O) groups is 1. The van der Waals surface area contributed by atoms with Gasteiger partial charge in [0.1, 0.15) is 11.4 Å². The number of anilines is 1. The minimum absolute atomic E-state index is 0.132. The first-order chi connectivity index (χ1) is 14.1. The van der Waals surface area contributed by atoms with E-state index in [2.05, 4.69) is 15.3 Å². The molecular weight excluding hydrogens is 364 g/mol. The molecule has 2 aromatic carbocycles. The fraction of sp³-hybridized carbons (Fsp3) is 0.261. The summed E-state index contributed by atoms with van der Waals surface area (Å²) >= 11 is 0. The number of benzene rings is 2. The number of nitrogens with zero attached hydrogens (tertiary/aromatic N) is 3. The number of hydrogen-bond donors (Lipinski definition) is 1. The van der Waals surface area contributed by atoms with E-state index >= 15 is 0 Å². The van der Waals surface area contributed by atoms with Crippen molar-refractivity contribution < 1.29 is 9.53 Å². The normalized spacial score (nSPS) is 10.4. The van der Waals surface area contributed by atoms with E-state index in [1.165, 1.54) is 0 Å². The van der Waals surface area contributed by atoms with Crippen LogP contribution in [0.2, 0.25) is 0 Å². The number of para-hydroxylation sites is 1. The van der Waals surface area contributed by atoms with Gasteiger partial charge in [-0.3, -0.25) is 4.79 Å². The highest BCUT2D eigenvalue weighted by Crippen LogP contribution is 2.18. The minimum Gasteiger partial charge on any atom is -0.496 e. The maximum atomic E-state index is 12.8. The Bertz CT molecular complexity index is 960. The van der Waals surface area contributed by atoms with Crippen LogP contribution in [0.3, 0.4) is 0 Å². The van der Waals surface area contributed by atoms with Gasteiger partial charge < -0.3 is 15.0 Å². The van der Waals surface area contributed by atoms with Gasteiger partial charge in [-0.15, -0.1) is 0 Å². The average molecular weight is 390 g/mol. The Labute approximate surface area is 171 Å². The standard InChI is InChI=1S/C23H26N4O2/c1-17-15-20(22(28)27(2)16-18-9-5-4-6-10-18)26-23(25-17)24-14-13-19-11-7-8-12-21(19)29-3/h4-12,15H,13-14,16H2,1-3H3,(H,24,25,26). The van der Waals surface area contributed by atoms with Gasteiger partial charge in [0.15, 0.2) is 0 Å². The average Bonchev–Trinajstić information content (AvgIpc) is 2.74. The van der Waals surface area contributed by atoms with Crippen molar-refractivity contribution in [3.8, 4) is 5.75 Å². The van der Waals surface area contributed by atoms with Gasteiger partial charge in [0.2, 0.25) is 5.95 Å². The Morgan fingerprint density at radius 3 is 2.55 bits per heavy atom. The molecule has 0 spiro atoms. The summed E-state index contributed by atoms with van der Waals surface area (Å²) in [5.74, 6) is 1.18. The predicted octanol–water partition coefficient (Wildman–Crippen LogP) is 3.72. The molecule has 0 aliphatic rings. The molecule has 1 heterocycles. The first-order valence-corrected chi connectivity index (χ1v) is 9.57. The number of carbonyl (C=O) groups excluding carboxylic acids is 1. The zero-order chi connectivity index (χ0) is 20.6. The molecule has 0 aliphatic carbocycles. The van der Waals surface area contributed by atoms with E-state index in [-0.39, 0.29) is 5.91 Å². The molecule has 0 bridgehead atoms. The fourth-order valence-electron chi connectivity index (χ4n) is 3.10. The second kappa shape index (κ2) is 9.68. The molecular formula is C23H26N4O2. The van der Waals surface area contributed by atoms with E-state index in [0.29, 0.717) is 24.7 Å².